The van der Waals surface area contributed by atoms with Gasteiger partial charge in [0.2, 0.25) is 0 Å². The SMILES string of the molecule is CC(N)C1(c2cc(Cl)cc(S(C)(=O)=O)c2)CC1. The van der Waals surface area contributed by atoms with Crippen LogP contribution in [-0.2, 0) is 15.3 Å². The van der Waals surface area contributed by atoms with Gasteiger partial charge in [-0.1, -0.05) is 11.6 Å². The van der Waals surface area contributed by atoms with E-state index < -0.39 is 9.84 Å². The zero-order valence-corrected chi connectivity index (χ0v) is 11.5. The molecule has 0 aliphatic heterocycles. The van der Waals surface area contributed by atoms with E-state index in [-0.39, 0.29) is 16.4 Å². The Hall–Kier alpha value is -0.580. The molecule has 0 radical (unpaired) electrons. The van der Waals surface area contributed by atoms with Crippen LogP contribution in [0.5, 0.6) is 0 Å². The van der Waals surface area contributed by atoms with Gasteiger partial charge in [0.25, 0.3) is 0 Å². The van der Waals surface area contributed by atoms with E-state index in [0.29, 0.717) is 5.02 Å². The molecule has 2 N–H and O–H groups in total. The highest BCUT2D eigenvalue weighted by Gasteiger charge is 2.47. The Morgan fingerprint density at radius 1 is 1.35 bits per heavy atom. The Morgan fingerprint density at radius 2 is 1.94 bits per heavy atom. The van der Waals surface area contributed by atoms with Gasteiger partial charge in [-0.2, -0.15) is 0 Å². The van der Waals surface area contributed by atoms with Crippen molar-refractivity contribution in [3.63, 3.8) is 0 Å². The van der Waals surface area contributed by atoms with E-state index in [1.54, 1.807) is 6.07 Å². The van der Waals surface area contributed by atoms with Gasteiger partial charge in [0, 0.05) is 22.7 Å². The molecular formula is C12H16ClNO2S. The summed E-state index contributed by atoms with van der Waals surface area (Å²) in [5.41, 5.74) is 6.85. The molecule has 0 saturated heterocycles. The Balaban J connectivity index is 2.54. The second-order valence-electron chi connectivity index (χ2n) is 4.89. The number of sulfone groups is 1. The number of hydrogen-bond donors (Lipinski definition) is 1. The first-order valence-corrected chi connectivity index (χ1v) is 7.79. The van der Waals surface area contributed by atoms with Crippen LogP contribution in [-0.4, -0.2) is 20.7 Å². The molecule has 1 fully saturated rings. The highest BCUT2D eigenvalue weighted by Crippen LogP contribution is 2.51. The lowest BCUT2D eigenvalue weighted by molar-refractivity contribution is 0.554. The van der Waals surface area contributed by atoms with E-state index in [1.807, 2.05) is 13.0 Å². The average molecular weight is 274 g/mol. The average Bonchev–Trinajstić information content (AvgIpc) is 2.95. The summed E-state index contributed by atoms with van der Waals surface area (Å²) < 4.78 is 23.1. The molecular weight excluding hydrogens is 258 g/mol. The zero-order chi connectivity index (χ0) is 12.8. The van der Waals surface area contributed by atoms with Crippen molar-refractivity contribution in [1.82, 2.24) is 0 Å². The van der Waals surface area contributed by atoms with Crippen molar-refractivity contribution in [3.8, 4) is 0 Å². The summed E-state index contributed by atoms with van der Waals surface area (Å²) in [5.74, 6) is 0. The summed E-state index contributed by atoms with van der Waals surface area (Å²) in [7, 11) is -3.23. The Kier molecular flexibility index (Phi) is 3.00. The van der Waals surface area contributed by atoms with Crippen LogP contribution < -0.4 is 5.73 Å². The minimum Gasteiger partial charge on any atom is -0.327 e. The molecule has 3 nitrogen and oxygen atoms in total. The first-order chi connectivity index (χ1) is 7.75. The van der Waals surface area contributed by atoms with Gasteiger partial charge in [0.1, 0.15) is 0 Å². The fourth-order valence-electron chi connectivity index (χ4n) is 2.21. The summed E-state index contributed by atoms with van der Waals surface area (Å²) in [6.07, 6.45) is 3.18. The predicted octanol–water partition coefficient (Wildman–Crippen LogP) is 2.12. The van der Waals surface area contributed by atoms with Gasteiger partial charge in [-0.25, -0.2) is 8.42 Å². The second kappa shape index (κ2) is 3.97. The fourth-order valence-corrected chi connectivity index (χ4v) is 3.19. The first kappa shape index (κ1) is 12.9. The lowest BCUT2D eigenvalue weighted by atomic mass is 9.90. The van der Waals surface area contributed by atoms with Crippen LogP contribution in [0.15, 0.2) is 23.1 Å². The van der Waals surface area contributed by atoms with Crippen LogP contribution in [0.3, 0.4) is 0 Å². The summed E-state index contributed by atoms with van der Waals surface area (Å²) in [6, 6.07) is 5.02. The van der Waals surface area contributed by atoms with E-state index in [4.69, 9.17) is 17.3 Å². The van der Waals surface area contributed by atoms with Crippen molar-refractivity contribution in [2.75, 3.05) is 6.26 Å². The minimum atomic E-state index is -3.23. The van der Waals surface area contributed by atoms with Gasteiger partial charge in [0.05, 0.1) is 4.90 Å². The van der Waals surface area contributed by atoms with Gasteiger partial charge < -0.3 is 5.73 Å². The molecule has 0 spiro atoms. The number of halogens is 1. The van der Waals surface area contributed by atoms with Crippen LogP contribution in [0.1, 0.15) is 25.3 Å². The molecule has 1 aliphatic carbocycles. The van der Waals surface area contributed by atoms with E-state index in [9.17, 15) is 8.42 Å². The summed E-state index contributed by atoms with van der Waals surface area (Å²) >= 11 is 5.99. The van der Waals surface area contributed by atoms with Crippen molar-refractivity contribution < 1.29 is 8.42 Å². The van der Waals surface area contributed by atoms with Gasteiger partial charge >= 0.3 is 0 Å². The number of benzene rings is 1. The van der Waals surface area contributed by atoms with Gasteiger partial charge in [-0.3, -0.25) is 0 Å². The van der Waals surface area contributed by atoms with E-state index in [1.165, 1.54) is 12.3 Å². The minimum absolute atomic E-state index is 0.00776. The molecule has 1 unspecified atom stereocenters. The largest absolute Gasteiger partial charge is 0.327 e. The predicted molar refractivity (Wildman–Crippen MR) is 69.1 cm³/mol. The Labute approximate surface area is 107 Å². The maximum atomic E-state index is 11.6. The molecule has 1 atom stereocenters. The van der Waals surface area contributed by atoms with Crippen molar-refractivity contribution >= 4 is 21.4 Å². The molecule has 1 aromatic rings. The molecule has 2 rings (SSSR count). The van der Waals surface area contributed by atoms with E-state index >= 15 is 0 Å². The number of nitrogens with two attached hydrogens (primary N) is 1. The maximum absolute atomic E-state index is 11.6. The van der Waals surface area contributed by atoms with Crippen LogP contribution in [0, 0.1) is 0 Å². The quantitative estimate of drug-likeness (QED) is 0.918. The molecule has 0 aromatic heterocycles. The van der Waals surface area contributed by atoms with E-state index in [0.717, 1.165) is 18.4 Å². The molecule has 1 saturated carbocycles. The van der Waals surface area contributed by atoms with Crippen molar-refractivity contribution in [2.45, 2.75) is 36.1 Å². The summed E-state index contributed by atoms with van der Waals surface area (Å²) in [5, 5.41) is 0.454. The molecule has 5 heteroatoms. The van der Waals surface area contributed by atoms with Gasteiger partial charge in [-0.15, -0.1) is 0 Å². The summed E-state index contributed by atoms with van der Waals surface area (Å²) in [6.45, 7) is 1.95. The molecule has 1 aromatic carbocycles. The Bertz CT molecular complexity index is 548. The van der Waals surface area contributed by atoms with Crippen LogP contribution >= 0.6 is 11.6 Å². The highest BCUT2D eigenvalue weighted by atomic mass is 35.5. The second-order valence-corrected chi connectivity index (χ2v) is 7.34. The normalized spacial score (nSPS) is 20.0. The third-order valence-corrected chi connectivity index (χ3v) is 4.84. The molecule has 0 heterocycles. The van der Waals surface area contributed by atoms with Crippen LogP contribution in [0.4, 0.5) is 0 Å². The van der Waals surface area contributed by atoms with E-state index in [2.05, 4.69) is 0 Å². The Morgan fingerprint density at radius 3 is 2.35 bits per heavy atom. The van der Waals surface area contributed by atoms with Crippen LogP contribution in [0.2, 0.25) is 5.02 Å². The maximum Gasteiger partial charge on any atom is 0.175 e. The van der Waals surface area contributed by atoms with Gasteiger partial charge in [0.15, 0.2) is 9.84 Å². The lowest BCUT2D eigenvalue weighted by Gasteiger charge is -2.21. The smallest absolute Gasteiger partial charge is 0.175 e. The monoisotopic (exact) mass is 273 g/mol. The van der Waals surface area contributed by atoms with Crippen molar-refractivity contribution in [1.29, 1.82) is 0 Å². The fraction of sp³-hybridized carbons (Fsp3) is 0.500. The lowest BCUT2D eigenvalue weighted by Crippen LogP contribution is -2.31. The topological polar surface area (TPSA) is 60.2 Å². The van der Waals surface area contributed by atoms with Gasteiger partial charge in [-0.05, 0) is 43.5 Å². The molecule has 1 aliphatic rings. The summed E-state index contributed by atoms with van der Waals surface area (Å²) in [4.78, 5) is 0.270. The molecule has 17 heavy (non-hydrogen) atoms. The molecule has 94 valence electrons. The standard InChI is InChI=1S/C12H16ClNO2S/c1-8(14)12(3-4-12)9-5-10(13)7-11(6-9)17(2,15)16/h5-8H,3-4,14H2,1-2H3. The van der Waals surface area contributed by atoms with Crippen molar-refractivity contribution in [3.05, 3.63) is 28.8 Å². The van der Waals surface area contributed by atoms with Crippen LogP contribution in [0.25, 0.3) is 0 Å². The number of rotatable bonds is 3. The van der Waals surface area contributed by atoms with Crippen molar-refractivity contribution in [2.24, 2.45) is 5.73 Å². The molecule has 0 amide bonds. The third-order valence-electron chi connectivity index (χ3n) is 3.53. The highest BCUT2D eigenvalue weighted by molar-refractivity contribution is 7.90. The number of hydrogen-bond acceptors (Lipinski definition) is 3. The third kappa shape index (κ3) is 2.34. The zero-order valence-electron chi connectivity index (χ0n) is 9.90. The molecule has 0 bridgehead atoms. The first-order valence-electron chi connectivity index (χ1n) is 5.52.